The molecule has 0 fully saturated rings. The summed E-state index contributed by atoms with van der Waals surface area (Å²) in [5.74, 6) is -0.922. The van der Waals surface area contributed by atoms with Crippen molar-refractivity contribution in [1.29, 1.82) is 0 Å². The van der Waals surface area contributed by atoms with Crippen LogP contribution in [0.4, 0.5) is 0 Å². The normalized spacial score (nSPS) is 12.6. The molecular formula is C63H110O6. The van der Waals surface area contributed by atoms with Crippen LogP contribution in [0, 0.1) is 0 Å². The van der Waals surface area contributed by atoms with Gasteiger partial charge in [0.2, 0.25) is 0 Å². The Bertz CT molecular complexity index is 1290. The maximum Gasteiger partial charge on any atom is 0.306 e. The lowest BCUT2D eigenvalue weighted by atomic mass is 10.1. The van der Waals surface area contributed by atoms with E-state index in [1.54, 1.807) is 0 Å². The number of allylic oxidation sites excluding steroid dienone is 12. The molecule has 0 aromatic heterocycles. The lowest BCUT2D eigenvalue weighted by molar-refractivity contribution is -0.167. The summed E-state index contributed by atoms with van der Waals surface area (Å²) in [5, 5.41) is 0. The molecule has 0 aromatic rings. The van der Waals surface area contributed by atoms with Crippen LogP contribution in [0.25, 0.3) is 0 Å². The molecule has 398 valence electrons. The molecule has 0 aliphatic rings. The quantitative estimate of drug-likeness (QED) is 0.0262. The average Bonchev–Trinajstić information content (AvgIpc) is 3.35. The predicted octanol–water partition coefficient (Wildman–Crippen LogP) is 19.8. The smallest absolute Gasteiger partial charge is 0.306 e. The monoisotopic (exact) mass is 963 g/mol. The zero-order valence-electron chi connectivity index (χ0n) is 45.6. The van der Waals surface area contributed by atoms with E-state index >= 15 is 0 Å². The zero-order valence-corrected chi connectivity index (χ0v) is 45.6. The molecule has 0 N–H and O–H groups in total. The first-order valence-electron chi connectivity index (χ1n) is 29.4. The van der Waals surface area contributed by atoms with Crippen LogP contribution in [0.1, 0.15) is 290 Å². The molecule has 0 saturated heterocycles. The topological polar surface area (TPSA) is 78.9 Å². The van der Waals surface area contributed by atoms with Gasteiger partial charge in [0.25, 0.3) is 0 Å². The summed E-state index contributed by atoms with van der Waals surface area (Å²) >= 11 is 0. The van der Waals surface area contributed by atoms with Crippen molar-refractivity contribution in [1.82, 2.24) is 0 Å². The Morgan fingerprint density at radius 1 is 0.290 bits per heavy atom. The van der Waals surface area contributed by atoms with Crippen molar-refractivity contribution in [2.75, 3.05) is 13.2 Å². The molecule has 0 radical (unpaired) electrons. The summed E-state index contributed by atoms with van der Waals surface area (Å²) in [4.78, 5) is 38.2. The lowest BCUT2D eigenvalue weighted by Gasteiger charge is -2.18. The van der Waals surface area contributed by atoms with Gasteiger partial charge in [-0.2, -0.15) is 0 Å². The van der Waals surface area contributed by atoms with E-state index in [1.807, 2.05) is 0 Å². The summed E-state index contributed by atoms with van der Waals surface area (Å²) < 4.78 is 16.9. The molecule has 0 amide bonds. The van der Waals surface area contributed by atoms with Crippen LogP contribution in [0.2, 0.25) is 0 Å². The average molecular weight is 964 g/mol. The van der Waals surface area contributed by atoms with E-state index < -0.39 is 6.10 Å². The lowest BCUT2D eigenvalue weighted by Crippen LogP contribution is -2.30. The second-order valence-corrected chi connectivity index (χ2v) is 19.5. The van der Waals surface area contributed by atoms with Crippen molar-refractivity contribution >= 4 is 17.9 Å². The summed E-state index contributed by atoms with van der Waals surface area (Å²) in [6.07, 6.45) is 73.1. The molecule has 1 atom stereocenters. The van der Waals surface area contributed by atoms with Crippen LogP contribution in [-0.2, 0) is 28.6 Å². The van der Waals surface area contributed by atoms with Crippen molar-refractivity contribution in [2.45, 2.75) is 297 Å². The molecule has 0 rings (SSSR count). The molecule has 0 spiro atoms. The summed E-state index contributed by atoms with van der Waals surface area (Å²) in [6, 6.07) is 0. The number of carbonyl (C=O) groups is 3. The molecule has 0 saturated carbocycles. The fourth-order valence-electron chi connectivity index (χ4n) is 8.18. The first kappa shape index (κ1) is 65.8. The summed E-state index contributed by atoms with van der Waals surface area (Å²) in [5.41, 5.74) is 0. The standard InChI is InChI=1S/C63H110O6/c1-4-7-10-13-16-19-22-25-28-30-31-33-35-38-41-44-47-50-53-56-62(65)68-59-60(58-67-61(64)55-52-49-46-43-40-37-34-27-24-21-18-15-12-9-6-3)69-63(66)57-54-51-48-45-42-39-36-32-29-26-23-20-17-14-11-8-5-2/h17-18,20-21,26-27,29-31,34,36,39,60H,4-16,19,22-25,28,32-33,35,37-38,40-59H2,1-3H3/b20-17-,21-18-,29-26-,31-30-,34-27-,39-36-/t60-/m1/s1. The van der Waals surface area contributed by atoms with Crippen LogP contribution in [-0.4, -0.2) is 37.2 Å². The summed E-state index contributed by atoms with van der Waals surface area (Å²) in [6.45, 7) is 6.57. The Morgan fingerprint density at radius 2 is 0.522 bits per heavy atom. The van der Waals surface area contributed by atoms with Crippen molar-refractivity contribution in [3.63, 3.8) is 0 Å². The van der Waals surface area contributed by atoms with Crippen molar-refractivity contribution in [3.8, 4) is 0 Å². The Hall–Kier alpha value is -3.15. The summed E-state index contributed by atoms with van der Waals surface area (Å²) in [7, 11) is 0. The van der Waals surface area contributed by atoms with E-state index in [0.717, 1.165) is 109 Å². The van der Waals surface area contributed by atoms with Gasteiger partial charge in [0.1, 0.15) is 13.2 Å². The molecular weight excluding hydrogens is 853 g/mol. The highest BCUT2D eigenvalue weighted by Crippen LogP contribution is 2.15. The van der Waals surface area contributed by atoms with Gasteiger partial charge in [-0.3, -0.25) is 14.4 Å². The van der Waals surface area contributed by atoms with Gasteiger partial charge in [0.15, 0.2) is 6.10 Å². The molecule has 0 heterocycles. The van der Waals surface area contributed by atoms with Crippen LogP contribution < -0.4 is 0 Å². The predicted molar refractivity (Wildman–Crippen MR) is 298 cm³/mol. The fraction of sp³-hybridized carbons (Fsp3) is 0.762. The molecule has 69 heavy (non-hydrogen) atoms. The van der Waals surface area contributed by atoms with Crippen molar-refractivity contribution in [2.24, 2.45) is 0 Å². The third kappa shape index (κ3) is 55.6. The van der Waals surface area contributed by atoms with E-state index in [1.165, 1.54) is 141 Å². The Balaban J connectivity index is 4.43. The third-order valence-corrected chi connectivity index (χ3v) is 12.7. The molecule has 6 heteroatoms. The van der Waals surface area contributed by atoms with Gasteiger partial charge in [0.05, 0.1) is 0 Å². The molecule has 0 unspecified atom stereocenters. The highest BCUT2D eigenvalue weighted by Gasteiger charge is 2.19. The number of esters is 3. The number of carbonyl (C=O) groups excluding carboxylic acids is 3. The second-order valence-electron chi connectivity index (χ2n) is 19.5. The van der Waals surface area contributed by atoms with Gasteiger partial charge in [-0.25, -0.2) is 0 Å². The minimum atomic E-state index is -0.795. The van der Waals surface area contributed by atoms with E-state index in [2.05, 4.69) is 93.7 Å². The fourth-order valence-corrected chi connectivity index (χ4v) is 8.18. The van der Waals surface area contributed by atoms with Gasteiger partial charge in [-0.05, 0) is 116 Å². The number of rotatable bonds is 53. The molecule has 0 aliphatic carbocycles. The maximum absolute atomic E-state index is 12.9. The van der Waals surface area contributed by atoms with E-state index in [0.29, 0.717) is 19.3 Å². The Morgan fingerprint density at radius 3 is 0.855 bits per heavy atom. The van der Waals surface area contributed by atoms with Crippen LogP contribution in [0.3, 0.4) is 0 Å². The highest BCUT2D eigenvalue weighted by atomic mass is 16.6. The SMILES string of the molecule is CCCCC/C=C\C/C=C\C/C=C\CCCCCCC(=O)O[C@H](COC(=O)CCCCCCC/C=C\C/C=C\CCCCC)COC(=O)CCCCCCCCC/C=C\CCCCCCCCCC. The van der Waals surface area contributed by atoms with E-state index in [4.69, 9.17) is 14.2 Å². The van der Waals surface area contributed by atoms with Crippen molar-refractivity contribution in [3.05, 3.63) is 72.9 Å². The molecule has 0 bridgehead atoms. The number of unbranched alkanes of at least 4 members (excludes halogenated alkanes) is 30. The highest BCUT2D eigenvalue weighted by molar-refractivity contribution is 5.71. The van der Waals surface area contributed by atoms with Gasteiger partial charge in [-0.1, -0.05) is 229 Å². The van der Waals surface area contributed by atoms with Crippen molar-refractivity contribution < 1.29 is 28.6 Å². The number of hydrogen-bond donors (Lipinski definition) is 0. The second kappa shape index (κ2) is 57.4. The number of hydrogen-bond acceptors (Lipinski definition) is 6. The van der Waals surface area contributed by atoms with Gasteiger partial charge in [0, 0.05) is 19.3 Å². The first-order valence-corrected chi connectivity index (χ1v) is 29.4. The van der Waals surface area contributed by atoms with Crippen LogP contribution in [0.5, 0.6) is 0 Å². The minimum Gasteiger partial charge on any atom is -0.462 e. The van der Waals surface area contributed by atoms with Crippen LogP contribution in [0.15, 0.2) is 72.9 Å². The largest absolute Gasteiger partial charge is 0.462 e. The zero-order chi connectivity index (χ0) is 50.0. The third-order valence-electron chi connectivity index (χ3n) is 12.7. The van der Waals surface area contributed by atoms with Gasteiger partial charge >= 0.3 is 17.9 Å². The minimum absolute atomic E-state index is 0.0909. The maximum atomic E-state index is 12.9. The van der Waals surface area contributed by atoms with Crippen LogP contribution >= 0.6 is 0 Å². The molecule has 0 aliphatic heterocycles. The Kier molecular flexibility index (Phi) is 54.8. The Labute approximate surface area is 427 Å². The first-order chi connectivity index (χ1) is 34.0. The molecule has 0 aromatic carbocycles. The van der Waals surface area contributed by atoms with Gasteiger partial charge in [-0.15, -0.1) is 0 Å². The molecule has 6 nitrogen and oxygen atoms in total. The van der Waals surface area contributed by atoms with Gasteiger partial charge < -0.3 is 14.2 Å². The number of ether oxygens (including phenoxy) is 3. The van der Waals surface area contributed by atoms with E-state index in [-0.39, 0.29) is 31.1 Å². The van der Waals surface area contributed by atoms with E-state index in [9.17, 15) is 14.4 Å².